The van der Waals surface area contributed by atoms with Crippen LogP contribution >= 0.6 is 11.8 Å². The molecule has 0 aliphatic carbocycles. The van der Waals surface area contributed by atoms with Crippen LogP contribution in [-0.2, 0) is 4.79 Å². The van der Waals surface area contributed by atoms with Crippen molar-refractivity contribution in [2.45, 2.75) is 12.3 Å². The third-order valence-corrected chi connectivity index (χ3v) is 6.29. The van der Waals surface area contributed by atoms with E-state index < -0.39 is 0 Å². The highest BCUT2D eigenvalue weighted by molar-refractivity contribution is 8.00. The maximum absolute atomic E-state index is 12.6. The molecule has 7 heteroatoms. The molecule has 0 radical (unpaired) electrons. The van der Waals surface area contributed by atoms with Crippen molar-refractivity contribution in [2.24, 2.45) is 0 Å². The maximum Gasteiger partial charge on any atom is 0.255 e. The van der Waals surface area contributed by atoms with Gasteiger partial charge in [-0.25, -0.2) is 0 Å². The number of thioether (sulfide) groups is 1. The average molecular weight is 449 g/mol. The number of carbonyl (C=O) groups is 2. The highest BCUT2D eigenvalue weighted by atomic mass is 32.2. The fourth-order valence-corrected chi connectivity index (χ4v) is 4.70. The Balaban J connectivity index is 1.48. The fourth-order valence-electron chi connectivity index (χ4n) is 3.52. The lowest BCUT2D eigenvalue weighted by Crippen LogP contribution is -2.27. The lowest BCUT2D eigenvalue weighted by Gasteiger charge is -2.24. The van der Waals surface area contributed by atoms with E-state index in [2.05, 4.69) is 5.32 Å². The Morgan fingerprint density at radius 2 is 1.81 bits per heavy atom. The quantitative estimate of drug-likeness (QED) is 0.543. The van der Waals surface area contributed by atoms with Crippen LogP contribution in [0.5, 0.6) is 11.5 Å². The van der Waals surface area contributed by atoms with Crippen molar-refractivity contribution in [1.82, 2.24) is 0 Å². The lowest BCUT2D eigenvalue weighted by atomic mass is 10.1. The van der Waals surface area contributed by atoms with E-state index in [0.29, 0.717) is 29.4 Å². The normalized spacial score (nSPS) is 15.5. The van der Waals surface area contributed by atoms with Crippen molar-refractivity contribution in [3.8, 4) is 11.5 Å². The van der Waals surface area contributed by atoms with Crippen LogP contribution in [0.1, 0.15) is 28.2 Å². The predicted octanol–water partition coefficient (Wildman–Crippen LogP) is 5.12. The molecule has 1 aliphatic rings. The Kier molecular flexibility index (Phi) is 6.66. The van der Waals surface area contributed by atoms with Gasteiger partial charge in [-0.15, -0.1) is 11.8 Å². The first kappa shape index (κ1) is 21.8. The van der Waals surface area contributed by atoms with Crippen LogP contribution in [-0.4, -0.2) is 31.3 Å². The van der Waals surface area contributed by atoms with Crippen LogP contribution in [0.3, 0.4) is 0 Å². The molecule has 164 valence electrons. The highest BCUT2D eigenvalue weighted by Gasteiger charge is 2.34. The summed E-state index contributed by atoms with van der Waals surface area (Å²) in [6.45, 7) is 2.54. The zero-order valence-corrected chi connectivity index (χ0v) is 18.7. The first-order chi connectivity index (χ1) is 15.6. The van der Waals surface area contributed by atoms with Crippen LogP contribution in [0.2, 0.25) is 0 Å². The summed E-state index contributed by atoms with van der Waals surface area (Å²) in [6.07, 6.45) is 0. The van der Waals surface area contributed by atoms with Crippen molar-refractivity contribution >= 4 is 35.0 Å². The predicted molar refractivity (Wildman–Crippen MR) is 128 cm³/mol. The Morgan fingerprint density at radius 3 is 2.50 bits per heavy atom. The second-order valence-corrected chi connectivity index (χ2v) is 8.23. The third-order valence-electron chi connectivity index (χ3n) is 5.08. The van der Waals surface area contributed by atoms with Gasteiger partial charge in [-0.2, -0.15) is 0 Å². The van der Waals surface area contributed by atoms with Gasteiger partial charge in [0.1, 0.15) is 16.9 Å². The number of benzene rings is 3. The van der Waals surface area contributed by atoms with Gasteiger partial charge in [0.25, 0.3) is 5.91 Å². The van der Waals surface area contributed by atoms with Gasteiger partial charge in [-0.05, 0) is 67.1 Å². The lowest BCUT2D eigenvalue weighted by molar-refractivity contribution is -0.115. The van der Waals surface area contributed by atoms with Crippen LogP contribution < -0.4 is 19.7 Å². The van der Waals surface area contributed by atoms with E-state index in [0.717, 1.165) is 17.0 Å². The number of rotatable bonds is 7. The summed E-state index contributed by atoms with van der Waals surface area (Å²) in [5, 5.41) is 2.78. The molecule has 0 spiro atoms. The summed E-state index contributed by atoms with van der Waals surface area (Å²) in [7, 11) is 1.57. The molecule has 0 unspecified atom stereocenters. The molecular formula is C25H24N2O4S. The van der Waals surface area contributed by atoms with Gasteiger partial charge >= 0.3 is 0 Å². The molecule has 3 aromatic rings. The molecule has 2 amide bonds. The number of carbonyl (C=O) groups excluding carboxylic acids is 2. The van der Waals surface area contributed by atoms with Crippen molar-refractivity contribution < 1.29 is 19.1 Å². The Bertz CT molecular complexity index is 1100. The summed E-state index contributed by atoms with van der Waals surface area (Å²) < 4.78 is 10.7. The first-order valence-electron chi connectivity index (χ1n) is 10.3. The molecule has 1 fully saturated rings. The van der Waals surface area contributed by atoms with Crippen LogP contribution in [0, 0.1) is 0 Å². The molecular weight excluding hydrogens is 424 g/mol. The zero-order chi connectivity index (χ0) is 22.5. The van der Waals surface area contributed by atoms with E-state index in [4.69, 9.17) is 9.47 Å². The first-order valence-corrected chi connectivity index (χ1v) is 11.4. The summed E-state index contributed by atoms with van der Waals surface area (Å²) in [4.78, 5) is 27.0. The number of hydrogen-bond donors (Lipinski definition) is 1. The molecule has 3 aromatic carbocycles. The fraction of sp³-hybridized carbons (Fsp3) is 0.200. The van der Waals surface area contributed by atoms with E-state index in [9.17, 15) is 9.59 Å². The minimum Gasteiger partial charge on any atom is -0.497 e. The Hall–Kier alpha value is -3.45. The second-order valence-electron chi connectivity index (χ2n) is 7.16. The molecule has 1 saturated heterocycles. The highest BCUT2D eigenvalue weighted by Crippen LogP contribution is 2.42. The molecule has 4 rings (SSSR count). The number of anilines is 2. The zero-order valence-electron chi connectivity index (χ0n) is 17.9. The third kappa shape index (κ3) is 4.73. The number of amides is 2. The molecule has 1 heterocycles. The number of ether oxygens (including phenoxy) is 2. The number of nitrogens with zero attached hydrogens (tertiary/aromatic N) is 1. The SMILES string of the molecule is CCOc1ccc(N2C(=O)CS[C@H]2c2ccc(NC(=O)c3cccc(OC)c3)cc2)cc1. The van der Waals surface area contributed by atoms with Crippen LogP contribution in [0.15, 0.2) is 72.8 Å². The molecule has 6 nitrogen and oxygen atoms in total. The molecule has 1 aliphatic heterocycles. The molecule has 1 atom stereocenters. The van der Waals surface area contributed by atoms with Crippen molar-refractivity contribution in [3.63, 3.8) is 0 Å². The van der Waals surface area contributed by atoms with E-state index in [1.165, 1.54) is 0 Å². The van der Waals surface area contributed by atoms with Gasteiger partial charge in [0.05, 0.1) is 19.5 Å². The van der Waals surface area contributed by atoms with Gasteiger partial charge < -0.3 is 14.8 Å². The van der Waals surface area contributed by atoms with Crippen LogP contribution in [0.4, 0.5) is 11.4 Å². The number of nitrogens with one attached hydrogen (secondary N) is 1. The van der Waals surface area contributed by atoms with Gasteiger partial charge in [-0.3, -0.25) is 14.5 Å². The summed E-state index contributed by atoms with van der Waals surface area (Å²) in [5.74, 6) is 1.69. The van der Waals surface area contributed by atoms with E-state index in [1.807, 2.05) is 60.4 Å². The molecule has 32 heavy (non-hydrogen) atoms. The van der Waals surface area contributed by atoms with Gasteiger partial charge in [-0.1, -0.05) is 18.2 Å². The summed E-state index contributed by atoms with van der Waals surface area (Å²) in [5.41, 5.74) is 3.04. The Morgan fingerprint density at radius 1 is 1.06 bits per heavy atom. The largest absolute Gasteiger partial charge is 0.497 e. The molecule has 0 bridgehead atoms. The van der Waals surface area contributed by atoms with Crippen molar-refractivity contribution in [2.75, 3.05) is 29.7 Å². The standard InChI is InChI=1S/C25H24N2O4S/c1-3-31-21-13-11-20(12-14-21)27-23(28)16-32-25(27)17-7-9-19(10-8-17)26-24(29)18-5-4-6-22(15-18)30-2/h4-15,25H,3,16H2,1-2H3,(H,26,29)/t25-/m0/s1. The van der Waals surface area contributed by atoms with E-state index in [1.54, 1.807) is 43.1 Å². The van der Waals surface area contributed by atoms with E-state index in [-0.39, 0.29) is 17.2 Å². The van der Waals surface area contributed by atoms with E-state index >= 15 is 0 Å². The smallest absolute Gasteiger partial charge is 0.255 e. The Labute approximate surface area is 191 Å². The van der Waals surface area contributed by atoms with Gasteiger partial charge in [0, 0.05) is 16.9 Å². The average Bonchev–Trinajstić information content (AvgIpc) is 3.21. The maximum atomic E-state index is 12.6. The minimum atomic E-state index is -0.210. The summed E-state index contributed by atoms with van der Waals surface area (Å²) >= 11 is 1.59. The van der Waals surface area contributed by atoms with Gasteiger partial charge in [0.2, 0.25) is 5.91 Å². The number of methoxy groups -OCH3 is 1. The molecule has 0 aromatic heterocycles. The second kappa shape index (κ2) is 9.78. The topological polar surface area (TPSA) is 67.9 Å². The van der Waals surface area contributed by atoms with Crippen molar-refractivity contribution in [1.29, 1.82) is 0 Å². The minimum absolute atomic E-state index is 0.0690. The molecule has 1 N–H and O–H groups in total. The number of hydrogen-bond acceptors (Lipinski definition) is 5. The summed E-state index contributed by atoms with van der Waals surface area (Å²) in [6, 6.07) is 22.2. The van der Waals surface area contributed by atoms with Crippen LogP contribution in [0.25, 0.3) is 0 Å². The van der Waals surface area contributed by atoms with Gasteiger partial charge in [0.15, 0.2) is 0 Å². The monoisotopic (exact) mass is 448 g/mol. The molecule has 0 saturated carbocycles. The van der Waals surface area contributed by atoms with Crippen molar-refractivity contribution in [3.05, 3.63) is 83.9 Å².